The van der Waals surface area contributed by atoms with Crippen LogP contribution in [-0.4, -0.2) is 58.0 Å². The molecule has 1 atom stereocenters. The van der Waals surface area contributed by atoms with Crippen molar-refractivity contribution in [1.29, 1.82) is 0 Å². The SMILES string of the molecule is CNc1nc(C(=NO)C(=O)NC2Cc3cccc(C(=O)O)c3OB2O)cs1. The van der Waals surface area contributed by atoms with Crippen LogP contribution in [0.4, 0.5) is 5.13 Å². The second-order valence-corrected chi connectivity index (χ2v) is 6.49. The van der Waals surface area contributed by atoms with E-state index in [1.165, 1.54) is 17.4 Å². The summed E-state index contributed by atoms with van der Waals surface area (Å²) in [6, 6.07) is 4.57. The van der Waals surface area contributed by atoms with E-state index in [-0.39, 0.29) is 29.1 Å². The van der Waals surface area contributed by atoms with Crippen LogP contribution in [-0.2, 0) is 11.2 Å². The number of nitrogens with one attached hydrogen (secondary N) is 2. The van der Waals surface area contributed by atoms with Gasteiger partial charge < -0.3 is 30.6 Å². The molecule has 1 aliphatic rings. The number of nitrogens with zero attached hydrogens (tertiary/aromatic N) is 2. The molecule has 1 aliphatic heterocycles. The number of carboxylic acid groups (broad SMARTS) is 1. The Bertz CT molecular complexity index is 917. The van der Waals surface area contributed by atoms with Crippen molar-refractivity contribution in [2.45, 2.75) is 12.4 Å². The van der Waals surface area contributed by atoms with E-state index in [0.29, 0.717) is 10.7 Å². The smallest absolute Gasteiger partial charge is 0.534 e. The number of oxime groups is 1. The lowest BCUT2D eigenvalue weighted by molar-refractivity contribution is -0.115. The minimum absolute atomic E-state index is 0.0669. The largest absolute Gasteiger partial charge is 0.547 e. The molecule has 0 bridgehead atoms. The number of hydrogen-bond donors (Lipinski definition) is 5. The van der Waals surface area contributed by atoms with Crippen molar-refractivity contribution < 1.29 is 29.6 Å². The second-order valence-electron chi connectivity index (χ2n) is 5.63. The van der Waals surface area contributed by atoms with E-state index in [9.17, 15) is 24.9 Å². The number of carbonyl (C=O) groups excluding carboxylic acids is 1. The van der Waals surface area contributed by atoms with E-state index in [1.807, 2.05) is 0 Å². The number of para-hydroxylation sites is 1. The van der Waals surface area contributed by atoms with Crippen molar-refractivity contribution in [2.24, 2.45) is 5.16 Å². The van der Waals surface area contributed by atoms with Gasteiger partial charge in [0.15, 0.2) is 10.8 Å². The van der Waals surface area contributed by atoms with Crippen LogP contribution in [0.3, 0.4) is 0 Å². The van der Waals surface area contributed by atoms with Crippen molar-refractivity contribution >= 4 is 41.2 Å². The van der Waals surface area contributed by atoms with Crippen LogP contribution < -0.4 is 15.3 Å². The van der Waals surface area contributed by atoms with Gasteiger partial charge in [0.05, 0.1) is 11.5 Å². The Morgan fingerprint density at radius 1 is 1.44 bits per heavy atom. The molecule has 12 heteroatoms. The number of thiazole rings is 1. The number of carboxylic acids is 1. The van der Waals surface area contributed by atoms with Crippen LogP contribution in [0.15, 0.2) is 28.7 Å². The molecular formula is C15H15BN4O6S. The van der Waals surface area contributed by atoms with Gasteiger partial charge >= 0.3 is 13.1 Å². The zero-order chi connectivity index (χ0) is 19.6. The normalized spacial score (nSPS) is 16.3. The Morgan fingerprint density at radius 3 is 2.85 bits per heavy atom. The van der Waals surface area contributed by atoms with Gasteiger partial charge in [-0.15, -0.1) is 11.3 Å². The maximum Gasteiger partial charge on any atom is 0.547 e. The van der Waals surface area contributed by atoms with E-state index < -0.39 is 24.9 Å². The summed E-state index contributed by atoms with van der Waals surface area (Å²) in [5.41, 5.74) is 0.310. The Labute approximate surface area is 157 Å². The quantitative estimate of drug-likeness (QED) is 0.210. The molecule has 1 unspecified atom stereocenters. The fourth-order valence-corrected chi connectivity index (χ4v) is 3.32. The lowest BCUT2D eigenvalue weighted by Gasteiger charge is -2.28. The first-order chi connectivity index (χ1) is 12.9. The number of benzene rings is 1. The van der Waals surface area contributed by atoms with Crippen LogP contribution in [0.1, 0.15) is 21.6 Å². The van der Waals surface area contributed by atoms with Crippen molar-refractivity contribution in [1.82, 2.24) is 10.3 Å². The predicted octanol–water partition coefficient (Wildman–Crippen LogP) is 0.201. The van der Waals surface area contributed by atoms with Crippen molar-refractivity contribution in [3.05, 3.63) is 40.4 Å². The van der Waals surface area contributed by atoms with Gasteiger partial charge in [0.25, 0.3) is 5.91 Å². The molecule has 27 heavy (non-hydrogen) atoms. The molecule has 2 heterocycles. The number of aromatic carboxylic acids is 1. The monoisotopic (exact) mass is 390 g/mol. The Morgan fingerprint density at radius 2 is 2.22 bits per heavy atom. The molecule has 0 aliphatic carbocycles. The zero-order valence-electron chi connectivity index (χ0n) is 14.0. The van der Waals surface area contributed by atoms with Gasteiger partial charge in [-0.1, -0.05) is 17.3 Å². The molecule has 1 amide bonds. The molecule has 140 valence electrons. The number of aromatic nitrogens is 1. The summed E-state index contributed by atoms with van der Waals surface area (Å²) in [6.07, 6.45) is 0.140. The molecule has 0 radical (unpaired) electrons. The molecule has 0 saturated heterocycles. The lowest BCUT2D eigenvalue weighted by Crippen LogP contribution is -2.54. The Hall–Kier alpha value is -3.12. The molecule has 0 saturated carbocycles. The first-order valence-electron chi connectivity index (χ1n) is 7.81. The fraction of sp³-hybridized carbons (Fsp3) is 0.200. The van der Waals surface area contributed by atoms with Crippen molar-refractivity contribution in [3.8, 4) is 5.75 Å². The lowest BCUT2D eigenvalue weighted by atomic mass is 9.72. The van der Waals surface area contributed by atoms with Crippen molar-refractivity contribution in [2.75, 3.05) is 12.4 Å². The Balaban J connectivity index is 1.78. The van der Waals surface area contributed by atoms with Gasteiger partial charge in [-0.05, 0) is 18.1 Å². The van der Waals surface area contributed by atoms with E-state index >= 15 is 0 Å². The second kappa shape index (κ2) is 7.64. The number of rotatable bonds is 5. The first kappa shape index (κ1) is 18.7. The average molecular weight is 390 g/mol. The van der Waals surface area contributed by atoms with Gasteiger partial charge in [-0.2, -0.15) is 0 Å². The summed E-state index contributed by atoms with van der Waals surface area (Å²) in [4.78, 5) is 27.8. The minimum Gasteiger partial charge on any atom is -0.534 e. The van der Waals surface area contributed by atoms with Gasteiger partial charge in [0, 0.05) is 12.4 Å². The highest BCUT2D eigenvalue weighted by Gasteiger charge is 2.38. The number of hydrogen-bond acceptors (Lipinski definition) is 9. The molecule has 1 aromatic carbocycles. The van der Waals surface area contributed by atoms with Gasteiger partial charge in [0.2, 0.25) is 0 Å². The number of carbonyl (C=O) groups is 2. The molecule has 1 aromatic heterocycles. The van der Waals surface area contributed by atoms with Gasteiger partial charge in [-0.25, -0.2) is 9.78 Å². The zero-order valence-corrected chi connectivity index (χ0v) is 14.9. The standard InChI is InChI=1S/C15H15BN4O6S/c1-17-15-18-9(6-27-15)11(20-25)13(21)19-10-5-7-3-2-4-8(14(22)23)12(7)26-16(10)24/h2-4,6,10,24-25H,5H2,1H3,(H,17,18)(H,19,21)(H,22,23). The summed E-state index contributed by atoms with van der Waals surface area (Å²) >= 11 is 1.23. The summed E-state index contributed by atoms with van der Waals surface area (Å²) in [5.74, 6) is -2.73. The first-order valence-corrected chi connectivity index (χ1v) is 8.69. The summed E-state index contributed by atoms with van der Waals surface area (Å²) in [5, 5.41) is 39.0. The van der Waals surface area contributed by atoms with E-state index in [0.717, 1.165) is 0 Å². The molecule has 2 aromatic rings. The van der Waals surface area contributed by atoms with E-state index in [2.05, 4.69) is 20.8 Å². The summed E-state index contributed by atoms with van der Waals surface area (Å²) in [6.45, 7) is 0. The molecule has 10 nitrogen and oxygen atoms in total. The number of anilines is 1. The number of amides is 1. The molecule has 3 rings (SSSR count). The van der Waals surface area contributed by atoms with Crippen LogP contribution in [0, 0.1) is 0 Å². The van der Waals surface area contributed by atoms with Gasteiger partial charge in [0.1, 0.15) is 11.4 Å². The van der Waals surface area contributed by atoms with Crippen LogP contribution in [0.2, 0.25) is 0 Å². The molecule has 5 N–H and O–H groups in total. The topological polar surface area (TPSA) is 153 Å². The highest BCUT2D eigenvalue weighted by Crippen LogP contribution is 2.30. The average Bonchev–Trinajstić information content (AvgIpc) is 3.11. The Kier molecular flexibility index (Phi) is 5.28. The van der Waals surface area contributed by atoms with Crippen LogP contribution >= 0.6 is 11.3 Å². The molecule has 0 spiro atoms. The molecule has 0 fully saturated rings. The highest BCUT2D eigenvalue weighted by molar-refractivity contribution is 7.14. The van der Waals surface area contributed by atoms with E-state index in [1.54, 1.807) is 24.6 Å². The third kappa shape index (κ3) is 3.71. The maximum absolute atomic E-state index is 12.5. The minimum atomic E-state index is -1.47. The summed E-state index contributed by atoms with van der Waals surface area (Å²) in [7, 11) is 0.196. The predicted molar refractivity (Wildman–Crippen MR) is 97.6 cm³/mol. The molecular weight excluding hydrogens is 375 g/mol. The summed E-state index contributed by atoms with van der Waals surface area (Å²) < 4.78 is 5.31. The van der Waals surface area contributed by atoms with Crippen LogP contribution in [0.25, 0.3) is 0 Å². The third-order valence-electron chi connectivity index (χ3n) is 3.94. The van der Waals surface area contributed by atoms with Crippen molar-refractivity contribution in [3.63, 3.8) is 0 Å². The third-order valence-corrected chi connectivity index (χ3v) is 4.80. The fourth-order valence-electron chi connectivity index (χ4n) is 2.66. The maximum atomic E-state index is 12.5. The van der Waals surface area contributed by atoms with Gasteiger partial charge in [-0.3, -0.25) is 4.79 Å². The van der Waals surface area contributed by atoms with Crippen LogP contribution in [0.5, 0.6) is 5.75 Å². The highest BCUT2D eigenvalue weighted by atomic mass is 32.1. The number of fused-ring (bicyclic) bond motifs is 1. The van der Waals surface area contributed by atoms with E-state index in [4.69, 9.17) is 4.65 Å².